The first-order valence-corrected chi connectivity index (χ1v) is 10.5. The summed E-state index contributed by atoms with van der Waals surface area (Å²) in [5, 5.41) is 0. The lowest BCUT2D eigenvalue weighted by molar-refractivity contribution is 0.0967. The fraction of sp³-hybridized carbons (Fsp3) is 0.680. The molecule has 8 atom stereocenters. The lowest BCUT2D eigenvalue weighted by atomic mass is 9.65. The van der Waals surface area contributed by atoms with Gasteiger partial charge in [0.25, 0.3) is 0 Å². The summed E-state index contributed by atoms with van der Waals surface area (Å²) in [7, 11) is 0. The Hall–Kier alpha value is -1.04. The summed E-state index contributed by atoms with van der Waals surface area (Å²) >= 11 is 0. The Morgan fingerprint density at radius 2 is 0.960 bits per heavy atom. The molecule has 0 bridgehead atoms. The van der Waals surface area contributed by atoms with Gasteiger partial charge in [0.15, 0.2) is 0 Å². The minimum absolute atomic E-state index is 0.403. The third-order valence-corrected chi connectivity index (χ3v) is 8.98. The zero-order chi connectivity index (χ0) is 18.0. The highest BCUT2D eigenvalue weighted by atomic mass is 14.6. The van der Waals surface area contributed by atoms with Crippen LogP contribution in [0.2, 0.25) is 0 Å². The SMILES string of the molecule is CC1C2C=CC=CC2C(C)(C)C1CC1C(C)C2C=CC=CC2C1(C)C. The van der Waals surface area contributed by atoms with Gasteiger partial charge in [0.2, 0.25) is 0 Å². The molecule has 2 saturated carbocycles. The van der Waals surface area contributed by atoms with Crippen LogP contribution < -0.4 is 0 Å². The Bertz CT molecular complexity index is 585. The van der Waals surface area contributed by atoms with Gasteiger partial charge in [-0.1, -0.05) is 90.2 Å². The highest BCUT2D eigenvalue weighted by Gasteiger charge is 2.57. The predicted molar refractivity (Wildman–Crippen MR) is 108 cm³/mol. The maximum absolute atomic E-state index is 2.54. The van der Waals surface area contributed by atoms with E-state index >= 15 is 0 Å². The zero-order valence-electron chi connectivity index (χ0n) is 16.9. The van der Waals surface area contributed by atoms with Gasteiger partial charge in [-0.05, 0) is 64.6 Å². The van der Waals surface area contributed by atoms with Gasteiger partial charge in [-0.2, -0.15) is 0 Å². The van der Waals surface area contributed by atoms with Gasteiger partial charge in [0.1, 0.15) is 0 Å². The van der Waals surface area contributed by atoms with Crippen molar-refractivity contribution in [3.05, 3.63) is 48.6 Å². The molecular formula is C25H36. The van der Waals surface area contributed by atoms with Gasteiger partial charge in [-0.25, -0.2) is 0 Å². The molecule has 8 unspecified atom stereocenters. The van der Waals surface area contributed by atoms with Crippen molar-refractivity contribution in [1.82, 2.24) is 0 Å². The number of hydrogen-bond acceptors (Lipinski definition) is 0. The number of allylic oxidation sites excluding steroid dienone is 8. The maximum atomic E-state index is 2.54. The van der Waals surface area contributed by atoms with Crippen molar-refractivity contribution in [3.63, 3.8) is 0 Å². The van der Waals surface area contributed by atoms with Crippen LogP contribution in [-0.2, 0) is 0 Å². The molecular weight excluding hydrogens is 300 g/mol. The van der Waals surface area contributed by atoms with E-state index in [1.165, 1.54) is 6.42 Å². The van der Waals surface area contributed by atoms with Crippen LogP contribution in [-0.4, -0.2) is 0 Å². The Balaban J connectivity index is 1.63. The van der Waals surface area contributed by atoms with E-state index in [0.717, 1.165) is 47.3 Å². The molecule has 25 heavy (non-hydrogen) atoms. The van der Waals surface area contributed by atoms with E-state index < -0.39 is 0 Å². The smallest absolute Gasteiger partial charge is 0.0111 e. The normalized spacial score (nSPS) is 48.6. The van der Waals surface area contributed by atoms with Crippen molar-refractivity contribution in [2.75, 3.05) is 0 Å². The van der Waals surface area contributed by atoms with E-state index in [9.17, 15) is 0 Å². The molecule has 0 aromatic carbocycles. The molecule has 0 heterocycles. The average Bonchev–Trinajstić information content (AvgIpc) is 2.90. The first-order valence-electron chi connectivity index (χ1n) is 10.5. The number of rotatable bonds is 2. The summed E-state index contributed by atoms with van der Waals surface area (Å²) in [5.41, 5.74) is 0.807. The topological polar surface area (TPSA) is 0 Å². The van der Waals surface area contributed by atoms with Crippen molar-refractivity contribution in [2.24, 2.45) is 58.2 Å². The van der Waals surface area contributed by atoms with Gasteiger partial charge in [-0.3, -0.25) is 0 Å². The molecule has 0 nitrogen and oxygen atoms in total. The first kappa shape index (κ1) is 17.4. The Labute approximate surface area is 155 Å². The quantitative estimate of drug-likeness (QED) is 0.528. The molecule has 0 aromatic heterocycles. The van der Waals surface area contributed by atoms with E-state index in [1.54, 1.807) is 0 Å². The molecule has 0 aliphatic heterocycles. The summed E-state index contributed by atoms with van der Waals surface area (Å²) in [6.07, 6.45) is 20.5. The monoisotopic (exact) mass is 336 g/mol. The molecule has 0 heteroatoms. The third-order valence-electron chi connectivity index (χ3n) is 8.98. The van der Waals surface area contributed by atoms with E-state index in [-0.39, 0.29) is 0 Å². The van der Waals surface area contributed by atoms with Gasteiger partial charge in [0.05, 0.1) is 0 Å². The van der Waals surface area contributed by atoms with E-state index in [1.807, 2.05) is 0 Å². The van der Waals surface area contributed by atoms with E-state index in [4.69, 9.17) is 0 Å². The fourth-order valence-electron chi connectivity index (χ4n) is 7.44. The standard InChI is InChI=1S/C25H36/c1-16-18-11-7-9-13-20(18)24(3,4)22(16)15-23-17(2)19-12-8-10-14-21(19)25(23,5)6/h7-14,16-23H,15H2,1-6H3. The minimum Gasteiger partial charge on any atom is -0.0805 e. The van der Waals surface area contributed by atoms with Crippen LogP contribution in [0, 0.1) is 58.2 Å². The molecule has 4 aliphatic rings. The molecule has 2 fully saturated rings. The predicted octanol–water partition coefficient (Wildman–Crippen LogP) is 6.68. The number of hydrogen-bond donors (Lipinski definition) is 0. The van der Waals surface area contributed by atoms with Crippen LogP contribution in [0.15, 0.2) is 48.6 Å². The Morgan fingerprint density at radius 1 is 0.600 bits per heavy atom. The molecule has 0 aromatic rings. The van der Waals surface area contributed by atoms with E-state index in [2.05, 4.69) is 90.2 Å². The summed E-state index contributed by atoms with van der Waals surface area (Å²) in [4.78, 5) is 0. The fourth-order valence-corrected chi connectivity index (χ4v) is 7.44. The van der Waals surface area contributed by atoms with E-state index in [0.29, 0.717) is 10.8 Å². The first-order chi connectivity index (χ1) is 11.8. The second-order valence-corrected chi connectivity index (χ2v) is 10.6. The van der Waals surface area contributed by atoms with Crippen LogP contribution in [0.25, 0.3) is 0 Å². The van der Waals surface area contributed by atoms with Crippen LogP contribution >= 0.6 is 0 Å². The lowest BCUT2D eigenvalue weighted by Gasteiger charge is -2.40. The Kier molecular flexibility index (Phi) is 3.98. The summed E-state index contributed by atoms with van der Waals surface area (Å²) in [6, 6.07) is 0. The molecule has 0 saturated heterocycles. The summed E-state index contributed by atoms with van der Waals surface area (Å²) in [6.45, 7) is 15.2. The van der Waals surface area contributed by atoms with Crippen molar-refractivity contribution >= 4 is 0 Å². The largest absolute Gasteiger partial charge is 0.0805 e. The summed E-state index contributed by atoms with van der Waals surface area (Å²) < 4.78 is 0. The molecule has 0 N–H and O–H groups in total. The lowest BCUT2D eigenvalue weighted by Crippen LogP contribution is -2.33. The van der Waals surface area contributed by atoms with Crippen LogP contribution in [0.3, 0.4) is 0 Å². The highest BCUT2D eigenvalue weighted by molar-refractivity contribution is 5.24. The highest BCUT2D eigenvalue weighted by Crippen LogP contribution is 2.63. The number of fused-ring (bicyclic) bond motifs is 2. The molecule has 0 radical (unpaired) electrons. The van der Waals surface area contributed by atoms with Gasteiger partial charge < -0.3 is 0 Å². The van der Waals surface area contributed by atoms with Gasteiger partial charge >= 0.3 is 0 Å². The van der Waals surface area contributed by atoms with Gasteiger partial charge in [0, 0.05) is 0 Å². The molecule has 4 aliphatic carbocycles. The van der Waals surface area contributed by atoms with Crippen molar-refractivity contribution < 1.29 is 0 Å². The van der Waals surface area contributed by atoms with Crippen LogP contribution in [0.1, 0.15) is 48.0 Å². The molecule has 136 valence electrons. The minimum atomic E-state index is 0.403. The summed E-state index contributed by atoms with van der Waals surface area (Å²) in [5.74, 6) is 6.14. The second kappa shape index (κ2) is 5.73. The van der Waals surface area contributed by atoms with Gasteiger partial charge in [-0.15, -0.1) is 0 Å². The maximum Gasteiger partial charge on any atom is -0.0111 e. The van der Waals surface area contributed by atoms with Crippen molar-refractivity contribution in [3.8, 4) is 0 Å². The second-order valence-electron chi connectivity index (χ2n) is 10.6. The Morgan fingerprint density at radius 3 is 1.32 bits per heavy atom. The van der Waals surface area contributed by atoms with Crippen molar-refractivity contribution in [1.29, 1.82) is 0 Å². The third kappa shape index (κ3) is 2.39. The van der Waals surface area contributed by atoms with Crippen LogP contribution in [0.4, 0.5) is 0 Å². The molecule has 0 amide bonds. The molecule has 4 rings (SSSR count). The van der Waals surface area contributed by atoms with Crippen molar-refractivity contribution in [2.45, 2.75) is 48.0 Å². The van der Waals surface area contributed by atoms with Crippen LogP contribution in [0.5, 0.6) is 0 Å². The average molecular weight is 337 g/mol. The molecule has 0 spiro atoms. The zero-order valence-corrected chi connectivity index (χ0v) is 16.9.